The van der Waals surface area contributed by atoms with Gasteiger partial charge in [0.05, 0.1) is 13.2 Å². The molecule has 2 rings (SSSR count). The Bertz CT molecular complexity index is 411. The second-order valence-electron chi connectivity index (χ2n) is 5.59. The monoisotopic (exact) mass is 287 g/mol. The Morgan fingerprint density at radius 1 is 1.15 bits per heavy atom. The highest BCUT2D eigenvalue weighted by molar-refractivity contribution is 5.20. The van der Waals surface area contributed by atoms with E-state index in [1.54, 1.807) is 0 Å². The van der Waals surface area contributed by atoms with E-state index in [1.807, 2.05) is 18.2 Å². The molecule has 0 radical (unpaired) electrons. The van der Waals surface area contributed by atoms with Gasteiger partial charge in [0.2, 0.25) is 0 Å². The first-order chi connectivity index (χ1) is 9.44. The molecule has 0 aromatic heterocycles. The van der Waals surface area contributed by atoms with Gasteiger partial charge in [0, 0.05) is 5.54 Å². The lowest BCUT2D eigenvalue weighted by Crippen LogP contribution is -2.53. The van der Waals surface area contributed by atoms with Crippen LogP contribution in [0.3, 0.4) is 0 Å². The molecule has 2 N–H and O–H groups in total. The summed E-state index contributed by atoms with van der Waals surface area (Å²) < 4.78 is 36.9. The maximum atomic E-state index is 12.3. The van der Waals surface area contributed by atoms with Gasteiger partial charge in [-0.2, -0.15) is 13.2 Å². The third-order valence-corrected chi connectivity index (χ3v) is 4.18. The number of aliphatic hydroxyl groups excluding tert-OH is 1. The Labute approximate surface area is 117 Å². The third-order valence-electron chi connectivity index (χ3n) is 4.18. The van der Waals surface area contributed by atoms with E-state index in [4.69, 9.17) is 0 Å². The van der Waals surface area contributed by atoms with Crippen LogP contribution in [0.25, 0.3) is 0 Å². The molecular weight excluding hydrogens is 267 g/mol. The number of aliphatic hydroxyl groups is 1. The van der Waals surface area contributed by atoms with E-state index in [2.05, 4.69) is 17.4 Å². The van der Waals surface area contributed by atoms with Crippen molar-refractivity contribution in [3.05, 3.63) is 35.9 Å². The van der Waals surface area contributed by atoms with Crippen molar-refractivity contribution in [1.82, 2.24) is 5.32 Å². The maximum Gasteiger partial charge on any atom is 0.401 e. The van der Waals surface area contributed by atoms with Crippen LogP contribution in [0.5, 0.6) is 0 Å². The van der Waals surface area contributed by atoms with Gasteiger partial charge in [-0.15, -0.1) is 0 Å². The lowest BCUT2D eigenvalue weighted by atomic mass is 9.74. The summed E-state index contributed by atoms with van der Waals surface area (Å²) in [6, 6.07) is 10.0. The molecule has 0 aliphatic heterocycles. The molecule has 1 aliphatic carbocycles. The van der Waals surface area contributed by atoms with E-state index in [9.17, 15) is 18.3 Å². The van der Waals surface area contributed by atoms with Crippen LogP contribution in [0.1, 0.15) is 37.2 Å². The Kier molecular flexibility index (Phi) is 4.70. The van der Waals surface area contributed by atoms with E-state index < -0.39 is 18.3 Å². The van der Waals surface area contributed by atoms with Crippen molar-refractivity contribution in [1.29, 1.82) is 0 Å². The highest BCUT2D eigenvalue weighted by Crippen LogP contribution is 2.38. The van der Waals surface area contributed by atoms with Crippen molar-refractivity contribution in [2.45, 2.75) is 43.3 Å². The zero-order chi connectivity index (χ0) is 14.6. The molecule has 0 heterocycles. The number of rotatable bonds is 4. The molecule has 1 fully saturated rings. The molecule has 0 bridgehead atoms. The van der Waals surface area contributed by atoms with Crippen molar-refractivity contribution < 1.29 is 18.3 Å². The van der Waals surface area contributed by atoms with Gasteiger partial charge in [-0.1, -0.05) is 30.3 Å². The largest absolute Gasteiger partial charge is 0.401 e. The average molecular weight is 287 g/mol. The molecule has 1 saturated carbocycles. The number of benzene rings is 1. The Morgan fingerprint density at radius 2 is 1.75 bits per heavy atom. The summed E-state index contributed by atoms with van der Waals surface area (Å²) in [5, 5.41) is 12.0. The minimum Gasteiger partial charge on any atom is -0.394 e. The van der Waals surface area contributed by atoms with Crippen LogP contribution in [0, 0.1) is 0 Å². The molecule has 1 aromatic carbocycles. The van der Waals surface area contributed by atoms with Gasteiger partial charge in [0.15, 0.2) is 0 Å². The minimum absolute atomic E-state index is 0.245. The van der Waals surface area contributed by atoms with Crippen LogP contribution < -0.4 is 5.32 Å². The predicted molar refractivity (Wildman–Crippen MR) is 71.5 cm³/mol. The first-order valence-electron chi connectivity index (χ1n) is 6.92. The molecule has 0 amide bonds. The van der Waals surface area contributed by atoms with E-state index in [0.29, 0.717) is 18.8 Å². The number of nitrogens with one attached hydrogen (secondary N) is 1. The summed E-state index contributed by atoms with van der Waals surface area (Å²) in [4.78, 5) is 0. The number of alkyl halides is 3. The zero-order valence-electron chi connectivity index (χ0n) is 11.3. The summed E-state index contributed by atoms with van der Waals surface area (Å²) in [6.45, 7) is -1.28. The van der Waals surface area contributed by atoms with E-state index >= 15 is 0 Å². The molecule has 0 saturated heterocycles. The highest BCUT2D eigenvalue weighted by atomic mass is 19.4. The molecule has 0 atom stereocenters. The van der Waals surface area contributed by atoms with Crippen molar-refractivity contribution in [3.8, 4) is 0 Å². The lowest BCUT2D eigenvalue weighted by Gasteiger charge is -2.40. The molecule has 1 aliphatic rings. The van der Waals surface area contributed by atoms with Crippen LogP contribution in [0.4, 0.5) is 13.2 Å². The molecule has 5 heteroatoms. The molecular formula is C15H20F3NO. The van der Waals surface area contributed by atoms with Gasteiger partial charge >= 0.3 is 6.18 Å². The van der Waals surface area contributed by atoms with Gasteiger partial charge in [-0.25, -0.2) is 0 Å². The standard InChI is InChI=1S/C15H20F3NO/c16-15(17,18)10-19-14(11-20)8-6-13(7-9-14)12-4-2-1-3-5-12/h1-5,13,19-20H,6-11H2. The van der Waals surface area contributed by atoms with Crippen LogP contribution in [-0.2, 0) is 0 Å². The van der Waals surface area contributed by atoms with Gasteiger partial charge in [-0.05, 0) is 37.2 Å². The fourth-order valence-corrected chi connectivity index (χ4v) is 2.91. The highest BCUT2D eigenvalue weighted by Gasteiger charge is 2.38. The number of hydrogen-bond acceptors (Lipinski definition) is 2. The smallest absolute Gasteiger partial charge is 0.394 e. The van der Waals surface area contributed by atoms with Crippen molar-refractivity contribution in [3.63, 3.8) is 0 Å². The molecule has 2 nitrogen and oxygen atoms in total. The molecule has 0 spiro atoms. The van der Waals surface area contributed by atoms with E-state index in [-0.39, 0.29) is 6.61 Å². The van der Waals surface area contributed by atoms with E-state index in [0.717, 1.165) is 12.8 Å². The van der Waals surface area contributed by atoms with Gasteiger partial charge in [0.25, 0.3) is 0 Å². The first kappa shape index (κ1) is 15.3. The maximum absolute atomic E-state index is 12.3. The van der Waals surface area contributed by atoms with Gasteiger partial charge in [-0.3, -0.25) is 0 Å². The number of halogens is 3. The fourth-order valence-electron chi connectivity index (χ4n) is 2.91. The van der Waals surface area contributed by atoms with Crippen LogP contribution in [0.15, 0.2) is 30.3 Å². The molecule has 112 valence electrons. The van der Waals surface area contributed by atoms with Gasteiger partial charge < -0.3 is 10.4 Å². The third kappa shape index (κ3) is 3.96. The lowest BCUT2D eigenvalue weighted by molar-refractivity contribution is -0.131. The summed E-state index contributed by atoms with van der Waals surface area (Å²) in [6.07, 6.45) is -1.50. The second kappa shape index (κ2) is 6.14. The molecule has 0 unspecified atom stereocenters. The SMILES string of the molecule is OCC1(NCC(F)(F)F)CCC(c2ccccc2)CC1. The topological polar surface area (TPSA) is 32.3 Å². The summed E-state index contributed by atoms with van der Waals surface area (Å²) in [7, 11) is 0. The van der Waals surface area contributed by atoms with Crippen LogP contribution >= 0.6 is 0 Å². The summed E-state index contributed by atoms with van der Waals surface area (Å²) in [5.74, 6) is 0.378. The quantitative estimate of drug-likeness (QED) is 0.891. The van der Waals surface area contributed by atoms with Crippen molar-refractivity contribution >= 4 is 0 Å². The summed E-state index contributed by atoms with van der Waals surface area (Å²) >= 11 is 0. The average Bonchev–Trinajstić information content (AvgIpc) is 2.46. The zero-order valence-corrected chi connectivity index (χ0v) is 11.3. The van der Waals surface area contributed by atoms with E-state index in [1.165, 1.54) is 5.56 Å². The minimum atomic E-state index is -4.24. The van der Waals surface area contributed by atoms with Crippen molar-refractivity contribution in [2.75, 3.05) is 13.2 Å². The first-order valence-corrected chi connectivity index (χ1v) is 6.92. The van der Waals surface area contributed by atoms with Gasteiger partial charge in [0.1, 0.15) is 0 Å². The van der Waals surface area contributed by atoms with Crippen molar-refractivity contribution in [2.24, 2.45) is 0 Å². The number of hydrogen-bond donors (Lipinski definition) is 2. The Balaban J connectivity index is 1.94. The Morgan fingerprint density at radius 3 is 2.25 bits per heavy atom. The summed E-state index contributed by atoms with van der Waals surface area (Å²) in [5.41, 5.74) is 0.454. The molecule has 1 aromatic rings. The molecule has 20 heavy (non-hydrogen) atoms. The van der Waals surface area contributed by atoms with Crippen LogP contribution in [0.2, 0.25) is 0 Å². The normalized spacial score (nSPS) is 27.5. The fraction of sp³-hybridized carbons (Fsp3) is 0.600. The second-order valence-corrected chi connectivity index (χ2v) is 5.59. The Hall–Kier alpha value is -1.07. The van der Waals surface area contributed by atoms with Crippen LogP contribution in [-0.4, -0.2) is 30.0 Å². The predicted octanol–water partition coefficient (Wildman–Crippen LogP) is 3.23.